The van der Waals surface area contributed by atoms with Crippen molar-refractivity contribution in [2.45, 2.75) is 22.9 Å². The van der Waals surface area contributed by atoms with Crippen LogP contribution < -0.4 is 0 Å². The lowest BCUT2D eigenvalue weighted by Crippen LogP contribution is -2.07. The van der Waals surface area contributed by atoms with Gasteiger partial charge in [-0.3, -0.25) is 10.1 Å². The van der Waals surface area contributed by atoms with E-state index in [0.29, 0.717) is 16.5 Å². The highest BCUT2D eigenvalue weighted by molar-refractivity contribution is 7.99. The van der Waals surface area contributed by atoms with Gasteiger partial charge >= 0.3 is 5.97 Å². The Bertz CT molecular complexity index is 800. The third-order valence-electron chi connectivity index (χ3n) is 2.84. The van der Waals surface area contributed by atoms with Crippen molar-refractivity contribution >= 4 is 23.4 Å². The molecule has 1 heterocycles. The van der Waals surface area contributed by atoms with Gasteiger partial charge in [0.25, 0.3) is 5.69 Å². The van der Waals surface area contributed by atoms with Gasteiger partial charge in [-0.05, 0) is 40.7 Å². The summed E-state index contributed by atoms with van der Waals surface area (Å²) < 4.78 is 6.35. The maximum Gasteiger partial charge on any atom is 0.338 e. The van der Waals surface area contributed by atoms with E-state index >= 15 is 0 Å². The fourth-order valence-corrected chi connectivity index (χ4v) is 2.50. The molecule has 1 aromatic heterocycles. The first kappa shape index (κ1) is 17.4. The van der Waals surface area contributed by atoms with Crippen LogP contribution in [0.3, 0.4) is 0 Å². The van der Waals surface area contributed by atoms with Crippen LogP contribution in [0.1, 0.15) is 23.2 Å². The molecule has 0 amide bonds. The molecule has 10 nitrogen and oxygen atoms in total. The minimum Gasteiger partial charge on any atom is -0.462 e. The Morgan fingerprint density at radius 3 is 2.96 bits per heavy atom. The number of nitrogens with zero attached hydrogens (tertiary/aromatic N) is 6. The minimum absolute atomic E-state index is 0.0686. The number of rotatable bonds is 7. The van der Waals surface area contributed by atoms with Gasteiger partial charge in [-0.25, -0.2) is 9.48 Å². The highest BCUT2D eigenvalue weighted by Gasteiger charge is 2.20. The number of benzene rings is 1. The first-order valence-electron chi connectivity index (χ1n) is 6.75. The Morgan fingerprint density at radius 2 is 2.33 bits per heavy atom. The zero-order valence-corrected chi connectivity index (χ0v) is 13.4. The molecule has 0 aliphatic rings. The number of tetrazole rings is 1. The second-order valence-electron chi connectivity index (χ2n) is 4.52. The molecule has 0 fully saturated rings. The maximum absolute atomic E-state index is 11.9. The van der Waals surface area contributed by atoms with E-state index in [1.807, 2.05) is 6.07 Å². The van der Waals surface area contributed by atoms with Crippen LogP contribution in [0.15, 0.2) is 28.3 Å². The summed E-state index contributed by atoms with van der Waals surface area (Å²) in [4.78, 5) is 22.9. The van der Waals surface area contributed by atoms with Crippen molar-refractivity contribution in [3.8, 4) is 6.07 Å². The number of esters is 1. The Labute approximate surface area is 140 Å². The summed E-state index contributed by atoms with van der Waals surface area (Å²) in [6.07, 6.45) is 0.687. The van der Waals surface area contributed by atoms with Gasteiger partial charge in [-0.1, -0.05) is 0 Å². The first-order chi connectivity index (χ1) is 11.5. The maximum atomic E-state index is 11.9. The molecule has 0 aliphatic heterocycles. The van der Waals surface area contributed by atoms with Gasteiger partial charge in [0.1, 0.15) is 0 Å². The van der Waals surface area contributed by atoms with Gasteiger partial charge in [0, 0.05) is 19.5 Å². The first-order valence-corrected chi connectivity index (χ1v) is 7.57. The van der Waals surface area contributed by atoms with E-state index in [9.17, 15) is 14.9 Å². The fraction of sp³-hybridized carbons (Fsp3) is 0.308. The van der Waals surface area contributed by atoms with Gasteiger partial charge < -0.3 is 4.74 Å². The number of carbonyl (C=O) groups is 1. The highest BCUT2D eigenvalue weighted by Crippen LogP contribution is 2.34. The molecule has 0 saturated carbocycles. The molecular weight excluding hydrogens is 336 g/mol. The van der Waals surface area contributed by atoms with E-state index in [-0.39, 0.29) is 24.3 Å². The highest BCUT2D eigenvalue weighted by atomic mass is 32.2. The van der Waals surface area contributed by atoms with Gasteiger partial charge in [0.15, 0.2) is 0 Å². The van der Waals surface area contributed by atoms with Crippen molar-refractivity contribution in [1.29, 1.82) is 5.26 Å². The van der Waals surface area contributed by atoms with Crippen LogP contribution >= 0.6 is 11.8 Å². The Balaban J connectivity index is 2.17. The molecular formula is C13H12N6O4S. The van der Waals surface area contributed by atoms with Crippen LogP contribution in [-0.2, 0) is 11.8 Å². The predicted molar refractivity (Wildman–Crippen MR) is 81.1 cm³/mol. The number of ether oxygens (including phenoxy) is 1. The molecule has 0 saturated heterocycles. The minimum atomic E-state index is -0.673. The predicted octanol–water partition coefficient (Wildman–Crippen LogP) is 1.73. The van der Waals surface area contributed by atoms with E-state index < -0.39 is 10.9 Å². The smallest absolute Gasteiger partial charge is 0.338 e. The molecule has 11 heteroatoms. The summed E-state index contributed by atoms with van der Waals surface area (Å²) in [6, 6.07) is 5.97. The molecule has 0 atom stereocenters. The quantitative estimate of drug-likeness (QED) is 0.317. The van der Waals surface area contributed by atoms with E-state index in [1.54, 1.807) is 7.05 Å². The zero-order valence-electron chi connectivity index (χ0n) is 12.6. The lowest BCUT2D eigenvalue weighted by molar-refractivity contribution is -0.387. The van der Waals surface area contributed by atoms with Gasteiger partial charge in [0.2, 0.25) is 5.16 Å². The third kappa shape index (κ3) is 4.26. The summed E-state index contributed by atoms with van der Waals surface area (Å²) in [5, 5.41) is 30.9. The zero-order chi connectivity index (χ0) is 17.5. The number of nitriles is 1. The van der Waals surface area contributed by atoms with Crippen LogP contribution in [0, 0.1) is 21.4 Å². The summed E-state index contributed by atoms with van der Waals surface area (Å²) in [5.74, 6) is -0.673. The lowest BCUT2D eigenvalue weighted by atomic mass is 10.2. The van der Waals surface area contributed by atoms with Crippen LogP contribution in [-0.4, -0.2) is 37.7 Å². The summed E-state index contributed by atoms with van der Waals surface area (Å²) >= 11 is 1.02. The van der Waals surface area contributed by atoms with E-state index in [4.69, 9.17) is 10.00 Å². The Morgan fingerprint density at radius 1 is 1.54 bits per heavy atom. The SMILES string of the molecule is Cn1nnnc1Sc1ccc(C(=O)OCCCC#N)cc1[N+](=O)[O-]. The van der Waals surface area contributed by atoms with Crippen molar-refractivity contribution in [3.05, 3.63) is 33.9 Å². The molecule has 0 unspecified atom stereocenters. The number of aromatic nitrogens is 4. The average Bonchev–Trinajstić information content (AvgIpc) is 2.96. The van der Waals surface area contributed by atoms with Crippen LogP contribution in [0.25, 0.3) is 0 Å². The largest absolute Gasteiger partial charge is 0.462 e. The number of unbranched alkanes of at least 4 members (excludes halogenated alkanes) is 1. The molecule has 1 aromatic carbocycles. The molecule has 2 rings (SSSR count). The number of carbonyl (C=O) groups excluding carboxylic acids is 1. The van der Waals surface area contributed by atoms with E-state index in [0.717, 1.165) is 17.8 Å². The molecule has 0 N–H and O–H groups in total. The molecule has 0 aliphatic carbocycles. The van der Waals surface area contributed by atoms with Crippen molar-refractivity contribution in [1.82, 2.24) is 20.2 Å². The topological polar surface area (TPSA) is 137 Å². The lowest BCUT2D eigenvalue weighted by Gasteiger charge is -2.06. The molecule has 0 bridgehead atoms. The van der Waals surface area contributed by atoms with Crippen LogP contribution in [0.2, 0.25) is 0 Å². The molecule has 0 radical (unpaired) electrons. The van der Waals surface area contributed by atoms with Crippen molar-refractivity contribution in [2.24, 2.45) is 7.05 Å². The summed E-state index contributed by atoms with van der Waals surface area (Å²) in [6.45, 7) is 0.0846. The standard InChI is InChI=1S/C13H12N6O4S/c1-18-13(15-16-17-18)24-11-5-4-9(8-10(11)19(21)22)12(20)23-7-3-2-6-14/h4-5,8H,2-3,7H2,1H3. The number of nitro groups is 1. The summed E-state index contributed by atoms with van der Waals surface area (Å²) in [7, 11) is 1.61. The molecule has 124 valence electrons. The number of aryl methyl sites for hydroxylation is 1. The summed E-state index contributed by atoms with van der Waals surface area (Å²) in [5.41, 5.74) is -0.173. The Kier molecular flexibility index (Phi) is 5.80. The van der Waals surface area contributed by atoms with Gasteiger partial charge in [-0.2, -0.15) is 5.26 Å². The van der Waals surface area contributed by atoms with E-state index in [1.165, 1.54) is 16.8 Å². The normalized spacial score (nSPS) is 10.2. The molecule has 2 aromatic rings. The molecule has 24 heavy (non-hydrogen) atoms. The Hall–Kier alpha value is -3.00. The second kappa shape index (κ2) is 8.02. The third-order valence-corrected chi connectivity index (χ3v) is 3.93. The molecule has 0 spiro atoms. The number of hydrogen-bond donors (Lipinski definition) is 0. The van der Waals surface area contributed by atoms with Gasteiger partial charge in [0.05, 0.1) is 28.1 Å². The van der Waals surface area contributed by atoms with Crippen molar-refractivity contribution in [3.63, 3.8) is 0 Å². The van der Waals surface area contributed by atoms with Gasteiger partial charge in [-0.15, -0.1) is 5.10 Å². The number of nitro benzene ring substituents is 1. The number of hydrogen-bond acceptors (Lipinski definition) is 9. The fourth-order valence-electron chi connectivity index (χ4n) is 1.68. The van der Waals surface area contributed by atoms with Crippen LogP contribution in [0.4, 0.5) is 5.69 Å². The second-order valence-corrected chi connectivity index (χ2v) is 5.53. The average molecular weight is 348 g/mol. The van der Waals surface area contributed by atoms with Crippen molar-refractivity contribution in [2.75, 3.05) is 6.61 Å². The monoisotopic (exact) mass is 348 g/mol. The van der Waals surface area contributed by atoms with Crippen LogP contribution in [0.5, 0.6) is 0 Å². The van der Waals surface area contributed by atoms with Crippen molar-refractivity contribution < 1.29 is 14.5 Å². The van der Waals surface area contributed by atoms with E-state index in [2.05, 4.69) is 15.5 Å².